The maximum Gasteiger partial charge on any atom is 0.218 e. The molecule has 0 spiro atoms. The quantitative estimate of drug-likeness (QED) is 0.622. The number of hydrogen-bond acceptors (Lipinski definition) is 6. The van der Waals surface area contributed by atoms with Crippen LogP contribution in [0.25, 0.3) is 5.82 Å². The van der Waals surface area contributed by atoms with Crippen molar-refractivity contribution in [2.45, 2.75) is 26.5 Å². The monoisotopic (exact) mass is 426 g/mol. The molecule has 30 heavy (non-hydrogen) atoms. The van der Waals surface area contributed by atoms with E-state index in [4.69, 9.17) is 0 Å². The van der Waals surface area contributed by atoms with Gasteiger partial charge in [-0.1, -0.05) is 30.3 Å². The van der Waals surface area contributed by atoms with Crippen molar-refractivity contribution in [1.29, 1.82) is 0 Å². The van der Waals surface area contributed by atoms with E-state index in [0.717, 1.165) is 28.6 Å². The smallest absolute Gasteiger partial charge is 0.218 e. The maximum atomic E-state index is 12.8. The topological polar surface area (TPSA) is 84.2 Å². The standard InChI is InChI=1S/C21H26N6O2S/c1-16-17(2)27(15-22-16)21-13-20(23-18(3)24-21)25-9-11-26(12-10-25)30(28,29)14-19-7-5-4-6-8-19/h4-8,13,15H,9-12,14H2,1-3H3. The SMILES string of the molecule is Cc1nc(N2CCN(S(=O)(=O)Cc3ccccc3)CC2)cc(-n2cnc(C)c2C)n1. The Balaban J connectivity index is 1.48. The van der Waals surface area contributed by atoms with Crippen molar-refractivity contribution in [3.05, 3.63) is 65.5 Å². The van der Waals surface area contributed by atoms with E-state index < -0.39 is 10.0 Å². The van der Waals surface area contributed by atoms with E-state index in [9.17, 15) is 8.42 Å². The fourth-order valence-corrected chi connectivity index (χ4v) is 5.14. The van der Waals surface area contributed by atoms with E-state index in [2.05, 4.69) is 19.9 Å². The lowest BCUT2D eigenvalue weighted by atomic mass is 10.2. The second kappa shape index (κ2) is 8.16. The number of rotatable bonds is 5. The van der Waals surface area contributed by atoms with Crippen LogP contribution in [0.3, 0.4) is 0 Å². The largest absolute Gasteiger partial charge is 0.354 e. The minimum atomic E-state index is -3.34. The van der Waals surface area contributed by atoms with E-state index in [1.807, 2.05) is 61.7 Å². The molecule has 158 valence electrons. The number of anilines is 1. The normalized spacial score (nSPS) is 15.5. The summed E-state index contributed by atoms with van der Waals surface area (Å²) in [7, 11) is -3.34. The molecule has 0 unspecified atom stereocenters. The summed E-state index contributed by atoms with van der Waals surface area (Å²) in [6.45, 7) is 7.91. The van der Waals surface area contributed by atoms with Gasteiger partial charge in [0, 0.05) is 37.9 Å². The summed E-state index contributed by atoms with van der Waals surface area (Å²) in [5.74, 6) is 2.29. The summed E-state index contributed by atoms with van der Waals surface area (Å²) in [5, 5.41) is 0. The molecule has 0 amide bonds. The fraction of sp³-hybridized carbons (Fsp3) is 0.381. The third-order valence-electron chi connectivity index (χ3n) is 5.46. The van der Waals surface area contributed by atoms with Gasteiger partial charge in [0.2, 0.25) is 10.0 Å². The Morgan fingerprint density at radius 3 is 2.23 bits per heavy atom. The van der Waals surface area contributed by atoms with Crippen molar-refractivity contribution < 1.29 is 8.42 Å². The van der Waals surface area contributed by atoms with Crippen molar-refractivity contribution in [3.8, 4) is 5.82 Å². The molecule has 0 atom stereocenters. The number of sulfonamides is 1. The Labute approximate surface area is 177 Å². The average Bonchev–Trinajstić information content (AvgIpc) is 3.07. The summed E-state index contributed by atoms with van der Waals surface area (Å²) >= 11 is 0. The van der Waals surface area contributed by atoms with Gasteiger partial charge in [0.25, 0.3) is 0 Å². The molecule has 0 saturated carbocycles. The van der Waals surface area contributed by atoms with E-state index in [1.165, 1.54) is 0 Å². The molecular formula is C21H26N6O2S. The first-order chi connectivity index (χ1) is 14.3. The Morgan fingerprint density at radius 1 is 0.933 bits per heavy atom. The lowest BCUT2D eigenvalue weighted by molar-refractivity contribution is 0.383. The summed E-state index contributed by atoms with van der Waals surface area (Å²) in [6.07, 6.45) is 1.77. The summed E-state index contributed by atoms with van der Waals surface area (Å²) in [5.41, 5.74) is 2.81. The van der Waals surface area contributed by atoms with E-state index >= 15 is 0 Å². The van der Waals surface area contributed by atoms with E-state index in [-0.39, 0.29) is 5.75 Å². The van der Waals surface area contributed by atoms with Gasteiger partial charge in [-0.3, -0.25) is 4.57 Å². The number of hydrogen-bond donors (Lipinski definition) is 0. The van der Waals surface area contributed by atoms with Crippen LogP contribution in [0, 0.1) is 20.8 Å². The number of benzene rings is 1. The number of nitrogens with zero attached hydrogens (tertiary/aromatic N) is 6. The lowest BCUT2D eigenvalue weighted by Crippen LogP contribution is -2.49. The molecule has 3 heterocycles. The first-order valence-corrected chi connectivity index (χ1v) is 11.6. The van der Waals surface area contributed by atoms with Gasteiger partial charge in [-0.15, -0.1) is 0 Å². The molecule has 0 aliphatic carbocycles. The summed E-state index contributed by atoms with van der Waals surface area (Å²) in [6, 6.07) is 11.2. The van der Waals surface area contributed by atoms with Crippen molar-refractivity contribution in [2.75, 3.05) is 31.1 Å². The molecule has 8 nitrogen and oxygen atoms in total. The molecular weight excluding hydrogens is 400 g/mol. The molecule has 0 N–H and O–H groups in total. The molecule has 0 radical (unpaired) electrons. The predicted octanol–water partition coefficient (Wildman–Crippen LogP) is 2.24. The highest BCUT2D eigenvalue weighted by Gasteiger charge is 2.28. The van der Waals surface area contributed by atoms with Crippen LogP contribution in [0.4, 0.5) is 5.82 Å². The molecule has 0 bridgehead atoms. The molecule has 3 aromatic rings. The van der Waals surface area contributed by atoms with Crippen molar-refractivity contribution in [1.82, 2.24) is 23.8 Å². The van der Waals surface area contributed by atoms with Gasteiger partial charge in [-0.2, -0.15) is 4.31 Å². The molecule has 4 rings (SSSR count). The second-order valence-electron chi connectivity index (χ2n) is 7.54. The first kappa shape index (κ1) is 20.5. The molecule has 1 aliphatic rings. The molecule has 1 aromatic carbocycles. The van der Waals surface area contributed by atoms with Crippen molar-refractivity contribution in [3.63, 3.8) is 0 Å². The van der Waals surface area contributed by atoms with Gasteiger partial charge in [-0.05, 0) is 26.3 Å². The Bertz CT molecular complexity index is 1140. The van der Waals surface area contributed by atoms with Crippen molar-refractivity contribution in [2.24, 2.45) is 0 Å². The highest BCUT2D eigenvalue weighted by Crippen LogP contribution is 2.21. The van der Waals surface area contributed by atoms with Crippen LogP contribution in [0.2, 0.25) is 0 Å². The van der Waals surface area contributed by atoms with Crippen LogP contribution >= 0.6 is 0 Å². The van der Waals surface area contributed by atoms with Crippen molar-refractivity contribution >= 4 is 15.8 Å². The minimum Gasteiger partial charge on any atom is -0.354 e. The van der Waals surface area contributed by atoms with Crippen LogP contribution in [0.1, 0.15) is 22.8 Å². The Hall–Kier alpha value is -2.78. The second-order valence-corrected chi connectivity index (χ2v) is 9.51. The summed E-state index contributed by atoms with van der Waals surface area (Å²) < 4.78 is 29.1. The Kier molecular flexibility index (Phi) is 5.57. The zero-order chi connectivity index (χ0) is 21.3. The summed E-state index contributed by atoms with van der Waals surface area (Å²) in [4.78, 5) is 15.6. The predicted molar refractivity (Wildman–Crippen MR) is 116 cm³/mol. The van der Waals surface area contributed by atoms with Gasteiger partial charge in [0.05, 0.1) is 11.4 Å². The zero-order valence-corrected chi connectivity index (χ0v) is 18.3. The van der Waals surface area contributed by atoms with Gasteiger partial charge in [0.1, 0.15) is 23.8 Å². The molecule has 1 fully saturated rings. The molecule has 1 saturated heterocycles. The number of imidazole rings is 1. The van der Waals surface area contributed by atoms with Gasteiger partial charge in [0.15, 0.2) is 0 Å². The average molecular weight is 427 g/mol. The van der Waals surface area contributed by atoms with Crippen LogP contribution in [-0.2, 0) is 15.8 Å². The van der Waals surface area contributed by atoms with Crippen LogP contribution < -0.4 is 4.90 Å². The third-order valence-corrected chi connectivity index (χ3v) is 7.31. The Morgan fingerprint density at radius 2 is 1.60 bits per heavy atom. The molecule has 2 aromatic heterocycles. The fourth-order valence-electron chi connectivity index (χ4n) is 3.62. The molecule has 1 aliphatic heterocycles. The van der Waals surface area contributed by atoms with Crippen LogP contribution in [0.5, 0.6) is 0 Å². The first-order valence-electron chi connectivity index (χ1n) is 9.97. The van der Waals surface area contributed by atoms with Gasteiger partial charge < -0.3 is 4.90 Å². The highest BCUT2D eigenvalue weighted by atomic mass is 32.2. The minimum absolute atomic E-state index is 0.0316. The third kappa shape index (κ3) is 4.22. The van der Waals surface area contributed by atoms with Gasteiger partial charge >= 0.3 is 0 Å². The van der Waals surface area contributed by atoms with Crippen LogP contribution in [0.15, 0.2) is 42.7 Å². The van der Waals surface area contributed by atoms with E-state index in [1.54, 1.807) is 10.6 Å². The van der Waals surface area contributed by atoms with E-state index in [0.29, 0.717) is 32.0 Å². The highest BCUT2D eigenvalue weighted by molar-refractivity contribution is 7.88. The van der Waals surface area contributed by atoms with Gasteiger partial charge in [-0.25, -0.2) is 23.4 Å². The lowest BCUT2D eigenvalue weighted by Gasteiger charge is -2.34. The number of piperazine rings is 1. The maximum absolute atomic E-state index is 12.8. The zero-order valence-electron chi connectivity index (χ0n) is 17.5. The number of aromatic nitrogens is 4. The number of aryl methyl sites for hydroxylation is 2. The molecule has 9 heteroatoms. The van der Waals surface area contributed by atoms with Crippen LogP contribution in [-0.4, -0.2) is 58.4 Å².